The van der Waals surface area contributed by atoms with Crippen molar-refractivity contribution < 1.29 is 4.79 Å². The minimum absolute atomic E-state index is 0.0194. The largest absolute Gasteiger partial charge is 0.350 e. The first-order valence-corrected chi connectivity index (χ1v) is 7.73. The summed E-state index contributed by atoms with van der Waals surface area (Å²) < 4.78 is 1.59. The highest BCUT2D eigenvalue weighted by Crippen LogP contribution is 2.14. The van der Waals surface area contributed by atoms with Crippen molar-refractivity contribution in [2.75, 3.05) is 0 Å². The number of carbonyl (C=O) groups excluding carboxylic acids is 1. The average Bonchev–Trinajstić information content (AvgIpc) is 3.24. The lowest BCUT2D eigenvalue weighted by molar-refractivity contribution is -0.123. The van der Waals surface area contributed by atoms with Crippen LogP contribution in [-0.2, 0) is 11.3 Å². The summed E-state index contributed by atoms with van der Waals surface area (Å²) in [5.41, 5.74) is 7.12. The maximum atomic E-state index is 12.3. The second-order valence-electron chi connectivity index (χ2n) is 5.97. The number of hydrazine groups is 1. The number of rotatable bonds is 5. The molecule has 122 valence electrons. The normalized spacial score (nSPS) is 20.8. The van der Waals surface area contributed by atoms with Gasteiger partial charge in [0.25, 0.3) is 0 Å². The van der Waals surface area contributed by atoms with Crippen molar-refractivity contribution in [1.82, 2.24) is 35.9 Å². The van der Waals surface area contributed by atoms with Gasteiger partial charge in [0.05, 0.1) is 0 Å². The number of pyridine rings is 1. The molecule has 3 N–H and O–H groups in total. The summed E-state index contributed by atoms with van der Waals surface area (Å²) in [6.07, 6.45) is 5.52. The predicted molar refractivity (Wildman–Crippen MR) is 84.3 cm³/mol. The fourth-order valence-electron chi connectivity index (χ4n) is 2.59. The molecule has 0 saturated carbocycles. The Hall–Kier alpha value is -2.32. The van der Waals surface area contributed by atoms with Gasteiger partial charge in [-0.1, -0.05) is 19.9 Å². The molecule has 1 amide bonds. The van der Waals surface area contributed by atoms with E-state index < -0.39 is 0 Å². The lowest BCUT2D eigenvalue weighted by Crippen LogP contribution is -2.43. The first-order valence-electron chi connectivity index (χ1n) is 7.73. The lowest BCUT2D eigenvalue weighted by atomic mass is 9.99. The predicted octanol–water partition coefficient (Wildman–Crippen LogP) is 0.170. The van der Waals surface area contributed by atoms with Gasteiger partial charge in [-0.05, 0) is 18.4 Å². The first-order chi connectivity index (χ1) is 11.1. The van der Waals surface area contributed by atoms with Crippen LogP contribution in [0.25, 0.3) is 5.82 Å². The fraction of sp³-hybridized carbons (Fsp3) is 0.467. The second kappa shape index (κ2) is 6.84. The van der Waals surface area contributed by atoms with Crippen molar-refractivity contribution >= 4 is 5.91 Å². The number of nitrogens with one attached hydrogen (secondary N) is 3. The summed E-state index contributed by atoms with van der Waals surface area (Å²) in [6, 6.07) is 3.86. The number of nitrogens with zero attached hydrogens (tertiary/aromatic N) is 4. The molecule has 3 rings (SSSR count). The smallest absolute Gasteiger partial charge is 0.238 e. The molecule has 0 aromatic carbocycles. The van der Waals surface area contributed by atoms with E-state index in [9.17, 15) is 4.79 Å². The molecule has 1 aliphatic heterocycles. The fourth-order valence-corrected chi connectivity index (χ4v) is 2.59. The third kappa shape index (κ3) is 3.54. The first kappa shape index (κ1) is 15.6. The molecule has 0 radical (unpaired) electrons. The van der Waals surface area contributed by atoms with Gasteiger partial charge in [0.2, 0.25) is 5.91 Å². The van der Waals surface area contributed by atoms with Crippen LogP contribution in [0, 0.1) is 5.92 Å². The van der Waals surface area contributed by atoms with E-state index in [1.807, 2.05) is 12.1 Å². The van der Waals surface area contributed by atoms with Crippen molar-refractivity contribution in [2.45, 2.75) is 38.9 Å². The van der Waals surface area contributed by atoms with E-state index in [0.29, 0.717) is 24.3 Å². The van der Waals surface area contributed by atoms with E-state index in [1.165, 1.54) is 6.33 Å². The molecule has 2 atom stereocenters. The Morgan fingerprint density at radius 3 is 3.04 bits per heavy atom. The quantitative estimate of drug-likeness (QED) is 0.728. The molecule has 2 aromatic heterocycles. The van der Waals surface area contributed by atoms with Crippen LogP contribution in [0.5, 0.6) is 0 Å². The van der Waals surface area contributed by atoms with Crippen LogP contribution < -0.4 is 16.2 Å². The minimum Gasteiger partial charge on any atom is -0.350 e. The van der Waals surface area contributed by atoms with Crippen molar-refractivity contribution in [2.24, 2.45) is 5.92 Å². The Morgan fingerprint density at radius 1 is 1.48 bits per heavy atom. The van der Waals surface area contributed by atoms with E-state index in [-0.39, 0.29) is 11.9 Å². The molecule has 1 saturated heterocycles. The average molecular weight is 315 g/mol. The molecule has 0 aliphatic carbocycles. The van der Waals surface area contributed by atoms with Gasteiger partial charge >= 0.3 is 0 Å². The van der Waals surface area contributed by atoms with Crippen molar-refractivity contribution in [3.8, 4) is 5.82 Å². The topological polar surface area (TPSA) is 96.8 Å². The number of hydrogen-bond acceptors (Lipinski definition) is 6. The Bertz CT molecular complexity index is 656. The molecule has 2 unspecified atom stereocenters. The molecular weight excluding hydrogens is 294 g/mol. The maximum Gasteiger partial charge on any atom is 0.238 e. The Kier molecular flexibility index (Phi) is 4.63. The summed E-state index contributed by atoms with van der Waals surface area (Å²) in [5.74, 6) is 1.13. The zero-order valence-corrected chi connectivity index (χ0v) is 13.2. The van der Waals surface area contributed by atoms with Crippen LogP contribution in [0.3, 0.4) is 0 Å². The number of amides is 1. The third-order valence-electron chi connectivity index (χ3n) is 4.01. The number of hydrogen-bond donors (Lipinski definition) is 3. The molecule has 2 aromatic rings. The Balaban J connectivity index is 1.62. The van der Waals surface area contributed by atoms with Crippen LogP contribution in [0.15, 0.2) is 31.0 Å². The molecule has 23 heavy (non-hydrogen) atoms. The molecular formula is C15H21N7O. The van der Waals surface area contributed by atoms with E-state index >= 15 is 0 Å². The monoisotopic (exact) mass is 315 g/mol. The molecule has 0 spiro atoms. The standard InChI is InChI=1S/C15H21N7O/c1-10(2)12-6-13(21-20-12)15(23)18-7-11-4-3-5-17-14(11)22-9-16-8-19-22/h3-5,8-10,12-13,20-21H,6-7H2,1-2H3,(H,18,23). The molecule has 1 aliphatic rings. The highest BCUT2D eigenvalue weighted by atomic mass is 16.2. The zero-order valence-electron chi connectivity index (χ0n) is 13.2. The Labute approximate surface area is 134 Å². The SMILES string of the molecule is CC(C)C1CC(C(=O)NCc2cccnc2-n2cncn2)NN1. The number of aromatic nitrogens is 4. The van der Waals surface area contributed by atoms with Crippen LogP contribution >= 0.6 is 0 Å². The lowest BCUT2D eigenvalue weighted by Gasteiger charge is -2.13. The van der Waals surface area contributed by atoms with Crippen molar-refractivity contribution in [3.63, 3.8) is 0 Å². The molecule has 8 nitrogen and oxygen atoms in total. The van der Waals surface area contributed by atoms with Gasteiger partial charge in [-0.2, -0.15) is 5.10 Å². The van der Waals surface area contributed by atoms with Gasteiger partial charge in [-0.3, -0.25) is 10.2 Å². The highest BCUT2D eigenvalue weighted by molar-refractivity contribution is 5.82. The van der Waals surface area contributed by atoms with E-state index in [0.717, 1.165) is 12.0 Å². The zero-order chi connectivity index (χ0) is 16.2. The van der Waals surface area contributed by atoms with Gasteiger partial charge in [0, 0.05) is 24.3 Å². The molecule has 0 bridgehead atoms. The van der Waals surface area contributed by atoms with Crippen LogP contribution in [0.1, 0.15) is 25.8 Å². The molecule has 8 heteroatoms. The minimum atomic E-state index is -0.214. The van der Waals surface area contributed by atoms with Gasteiger partial charge in [0.1, 0.15) is 18.7 Å². The van der Waals surface area contributed by atoms with Gasteiger partial charge in [-0.25, -0.2) is 20.1 Å². The second-order valence-corrected chi connectivity index (χ2v) is 5.97. The third-order valence-corrected chi connectivity index (χ3v) is 4.01. The van der Waals surface area contributed by atoms with E-state index in [1.54, 1.807) is 17.2 Å². The van der Waals surface area contributed by atoms with Crippen molar-refractivity contribution in [1.29, 1.82) is 0 Å². The summed E-state index contributed by atoms with van der Waals surface area (Å²) >= 11 is 0. The van der Waals surface area contributed by atoms with E-state index in [2.05, 4.69) is 45.1 Å². The van der Waals surface area contributed by atoms with Gasteiger partial charge < -0.3 is 5.32 Å². The highest BCUT2D eigenvalue weighted by Gasteiger charge is 2.30. The summed E-state index contributed by atoms with van der Waals surface area (Å²) in [7, 11) is 0. The molecule has 3 heterocycles. The maximum absolute atomic E-state index is 12.3. The van der Waals surface area contributed by atoms with Crippen LogP contribution in [-0.4, -0.2) is 37.7 Å². The van der Waals surface area contributed by atoms with Crippen LogP contribution in [0.4, 0.5) is 0 Å². The van der Waals surface area contributed by atoms with Gasteiger partial charge in [0.15, 0.2) is 5.82 Å². The van der Waals surface area contributed by atoms with E-state index in [4.69, 9.17) is 0 Å². The van der Waals surface area contributed by atoms with Crippen LogP contribution in [0.2, 0.25) is 0 Å². The van der Waals surface area contributed by atoms with Crippen molar-refractivity contribution in [3.05, 3.63) is 36.5 Å². The Morgan fingerprint density at radius 2 is 2.35 bits per heavy atom. The molecule has 1 fully saturated rings. The summed E-state index contributed by atoms with van der Waals surface area (Å²) in [6.45, 7) is 4.67. The van der Waals surface area contributed by atoms with Gasteiger partial charge in [-0.15, -0.1) is 0 Å². The summed E-state index contributed by atoms with van der Waals surface area (Å²) in [4.78, 5) is 20.6. The summed E-state index contributed by atoms with van der Waals surface area (Å²) in [5, 5.41) is 7.05. The number of carbonyl (C=O) groups is 1.